The molecule has 0 fully saturated rings. The maximum Gasteiger partial charge on any atom is 0.217 e. The molecule has 0 saturated heterocycles. The van der Waals surface area contributed by atoms with Crippen molar-refractivity contribution in [2.45, 2.75) is 52.4 Å². The minimum Gasteiger partial charge on any atom is -0.396 e. The van der Waals surface area contributed by atoms with E-state index in [9.17, 15) is 4.79 Å². The summed E-state index contributed by atoms with van der Waals surface area (Å²) in [6.45, 7) is 4.58. The smallest absolute Gasteiger partial charge is 0.217 e. The van der Waals surface area contributed by atoms with Gasteiger partial charge in [-0.15, -0.1) is 0 Å². The molecule has 0 radical (unpaired) electrons. The second-order valence-corrected chi connectivity index (χ2v) is 4.69. The molecule has 3 N–H and O–H groups in total. The lowest BCUT2D eigenvalue weighted by molar-refractivity contribution is -0.118. The van der Waals surface area contributed by atoms with Gasteiger partial charge in [-0.25, -0.2) is 0 Å². The van der Waals surface area contributed by atoms with E-state index in [4.69, 9.17) is 10.8 Å². The molecule has 0 aliphatic carbocycles. The zero-order valence-electron chi connectivity index (χ0n) is 10.0. The first kappa shape index (κ1) is 14.4. The molecule has 1 amide bonds. The third kappa shape index (κ3) is 9.73. The minimum atomic E-state index is -0.197. The normalized spacial score (nSPS) is 14.9. The molecule has 0 aliphatic rings. The summed E-state index contributed by atoms with van der Waals surface area (Å²) in [7, 11) is 0. The summed E-state index contributed by atoms with van der Waals surface area (Å²) >= 11 is 0. The van der Waals surface area contributed by atoms with E-state index < -0.39 is 0 Å². The van der Waals surface area contributed by atoms with Crippen molar-refractivity contribution in [2.24, 2.45) is 17.6 Å². The average Bonchev–Trinajstić information content (AvgIpc) is 2.16. The molecule has 0 aromatic rings. The summed E-state index contributed by atoms with van der Waals surface area (Å²) < 4.78 is 0. The molecule has 0 rings (SSSR count). The molecule has 0 aromatic carbocycles. The van der Waals surface area contributed by atoms with E-state index in [0.29, 0.717) is 18.3 Å². The van der Waals surface area contributed by atoms with Gasteiger partial charge in [-0.3, -0.25) is 4.79 Å². The quantitative estimate of drug-likeness (QED) is 0.578. The van der Waals surface area contributed by atoms with Crippen LogP contribution in [-0.2, 0) is 4.79 Å². The summed E-state index contributed by atoms with van der Waals surface area (Å²) in [6, 6.07) is 0. The number of hydrogen-bond donors (Lipinski definition) is 2. The van der Waals surface area contributed by atoms with Gasteiger partial charge in [-0.1, -0.05) is 33.1 Å². The summed E-state index contributed by atoms with van der Waals surface area (Å²) in [4.78, 5) is 10.5. The predicted octanol–water partition coefficient (Wildman–Crippen LogP) is 2.08. The van der Waals surface area contributed by atoms with E-state index >= 15 is 0 Å². The van der Waals surface area contributed by atoms with E-state index in [2.05, 4.69) is 13.8 Å². The Morgan fingerprint density at radius 2 is 1.87 bits per heavy atom. The van der Waals surface area contributed by atoms with Gasteiger partial charge in [0.2, 0.25) is 5.91 Å². The number of unbranched alkanes of at least 4 members (excludes halogenated alkanes) is 2. The predicted molar refractivity (Wildman–Crippen MR) is 62.3 cm³/mol. The number of amides is 1. The van der Waals surface area contributed by atoms with Crippen LogP contribution in [0.2, 0.25) is 0 Å². The van der Waals surface area contributed by atoms with Crippen molar-refractivity contribution >= 4 is 5.91 Å². The van der Waals surface area contributed by atoms with Gasteiger partial charge in [0, 0.05) is 13.0 Å². The highest BCUT2D eigenvalue weighted by atomic mass is 16.3. The molecule has 3 nitrogen and oxygen atoms in total. The first-order valence-electron chi connectivity index (χ1n) is 5.95. The van der Waals surface area contributed by atoms with Gasteiger partial charge in [0.25, 0.3) is 0 Å². The van der Waals surface area contributed by atoms with Crippen LogP contribution in [0.3, 0.4) is 0 Å². The van der Waals surface area contributed by atoms with Gasteiger partial charge in [-0.05, 0) is 24.7 Å². The number of rotatable bonds is 9. The maximum absolute atomic E-state index is 10.5. The van der Waals surface area contributed by atoms with Crippen LogP contribution in [-0.4, -0.2) is 17.6 Å². The molecule has 15 heavy (non-hydrogen) atoms. The van der Waals surface area contributed by atoms with E-state index in [1.807, 2.05) is 0 Å². The van der Waals surface area contributed by atoms with E-state index in [1.54, 1.807) is 0 Å². The molecule has 0 bridgehead atoms. The van der Waals surface area contributed by atoms with Crippen molar-refractivity contribution < 1.29 is 9.90 Å². The van der Waals surface area contributed by atoms with Crippen molar-refractivity contribution in [1.29, 1.82) is 0 Å². The number of carbonyl (C=O) groups excluding carboxylic acids is 1. The Morgan fingerprint density at radius 1 is 1.20 bits per heavy atom. The Labute approximate surface area is 93.0 Å². The van der Waals surface area contributed by atoms with Crippen LogP contribution in [0.1, 0.15) is 52.4 Å². The largest absolute Gasteiger partial charge is 0.396 e. The van der Waals surface area contributed by atoms with Crippen LogP contribution in [0.15, 0.2) is 0 Å². The Morgan fingerprint density at radius 3 is 2.40 bits per heavy atom. The van der Waals surface area contributed by atoms with Gasteiger partial charge in [0.05, 0.1) is 0 Å². The van der Waals surface area contributed by atoms with Gasteiger partial charge < -0.3 is 10.8 Å². The molecule has 2 atom stereocenters. The first-order valence-corrected chi connectivity index (χ1v) is 5.95. The number of hydrogen-bond acceptors (Lipinski definition) is 2. The number of carbonyl (C=O) groups is 1. The number of aliphatic hydroxyl groups excluding tert-OH is 1. The van der Waals surface area contributed by atoms with Gasteiger partial charge in [0.1, 0.15) is 0 Å². The molecule has 0 spiro atoms. The fourth-order valence-electron chi connectivity index (χ4n) is 1.85. The van der Waals surface area contributed by atoms with Crippen LogP contribution >= 0.6 is 0 Å². The van der Waals surface area contributed by atoms with Crippen LogP contribution in [0.5, 0.6) is 0 Å². The summed E-state index contributed by atoms with van der Waals surface area (Å²) in [5.74, 6) is 0.878. The van der Waals surface area contributed by atoms with Gasteiger partial charge in [-0.2, -0.15) is 0 Å². The Hall–Kier alpha value is -0.570. The number of aliphatic hydroxyl groups is 1. The van der Waals surface area contributed by atoms with E-state index in [1.165, 1.54) is 6.42 Å². The Kier molecular flexibility index (Phi) is 8.38. The highest BCUT2D eigenvalue weighted by Crippen LogP contribution is 2.18. The van der Waals surface area contributed by atoms with Crippen LogP contribution < -0.4 is 5.73 Å². The van der Waals surface area contributed by atoms with Crippen LogP contribution in [0.25, 0.3) is 0 Å². The Bertz CT molecular complexity index is 171. The fourth-order valence-corrected chi connectivity index (χ4v) is 1.85. The molecule has 0 aromatic heterocycles. The zero-order chi connectivity index (χ0) is 11.7. The monoisotopic (exact) mass is 215 g/mol. The highest BCUT2D eigenvalue weighted by Gasteiger charge is 2.07. The fraction of sp³-hybridized carbons (Fsp3) is 0.917. The van der Waals surface area contributed by atoms with Crippen molar-refractivity contribution in [3.8, 4) is 0 Å². The third-order valence-electron chi connectivity index (χ3n) is 2.74. The zero-order valence-corrected chi connectivity index (χ0v) is 10.0. The molecule has 0 heterocycles. The average molecular weight is 215 g/mol. The summed E-state index contributed by atoms with van der Waals surface area (Å²) in [6.07, 6.45) is 5.95. The van der Waals surface area contributed by atoms with Crippen molar-refractivity contribution in [3.05, 3.63) is 0 Å². The third-order valence-corrected chi connectivity index (χ3v) is 2.74. The minimum absolute atomic E-state index is 0.197. The van der Waals surface area contributed by atoms with Crippen molar-refractivity contribution in [2.75, 3.05) is 6.61 Å². The summed E-state index contributed by atoms with van der Waals surface area (Å²) in [5.41, 5.74) is 5.05. The van der Waals surface area contributed by atoms with Gasteiger partial charge in [0.15, 0.2) is 0 Å². The lowest BCUT2D eigenvalue weighted by atomic mass is 9.93. The van der Waals surface area contributed by atoms with E-state index in [-0.39, 0.29) is 12.5 Å². The second kappa shape index (κ2) is 8.72. The van der Waals surface area contributed by atoms with Crippen molar-refractivity contribution in [3.63, 3.8) is 0 Å². The van der Waals surface area contributed by atoms with Crippen LogP contribution in [0, 0.1) is 11.8 Å². The summed E-state index contributed by atoms with van der Waals surface area (Å²) in [5, 5.41) is 8.90. The SMILES string of the molecule is CC(CO)CC(C)CCCCCC(N)=O. The maximum atomic E-state index is 10.5. The Balaban J connectivity index is 3.31. The van der Waals surface area contributed by atoms with E-state index in [0.717, 1.165) is 25.7 Å². The standard InChI is InChI=1S/C12H25NO2/c1-10(8-11(2)9-14)6-4-3-5-7-12(13)15/h10-11,14H,3-9H2,1-2H3,(H2,13,15). The number of primary amides is 1. The molecule has 0 aliphatic heterocycles. The first-order chi connectivity index (χ1) is 7.06. The molecular formula is C12H25NO2. The molecule has 90 valence electrons. The molecule has 2 unspecified atom stereocenters. The second-order valence-electron chi connectivity index (χ2n) is 4.69. The topological polar surface area (TPSA) is 63.3 Å². The van der Waals surface area contributed by atoms with Gasteiger partial charge >= 0.3 is 0 Å². The van der Waals surface area contributed by atoms with Crippen LogP contribution in [0.4, 0.5) is 0 Å². The lowest BCUT2D eigenvalue weighted by Gasteiger charge is -2.14. The number of nitrogens with two attached hydrogens (primary N) is 1. The lowest BCUT2D eigenvalue weighted by Crippen LogP contribution is -2.10. The van der Waals surface area contributed by atoms with Crippen molar-refractivity contribution in [1.82, 2.24) is 0 Å². The highest BCUT2D eigenvalue weighted by molar-refractivity contribution is 5.73. The molecule has 3 heteroatoms. The molecule has 0 saturated carbocycles. The molecular weight excluding hydrogens is 190 g/mol.